The van der Waals surface area contributed by atoms with Gasteiger partial charge >= 0.3 is 0 Å². The van der Waals surface area contributed by atoms with E-state index in [2.05, 4.69) is 27.8 Å². The lowest BCUT2D eigenvalue weighted by Crippen LogP contribution is -2.20. The van der Waals surface area contributed by atoms with Crippen molar-refractivity contribution in [2.45, 2.75) is 25.8 Å². The minimum absolute atomic E-state index is 0.519. The predicted octanol–water partition coefficient (Wildman–Crippen LogP) is 3.82. The number of pyridine rings is 1. The van der Waals surface area contributed by atoms with Crippen molar-refractivity contribution in [3.05, 3.63) is 59.3 Å². The molecule has 1 fully saturated rings. The van der Waals surface area contributed by atoms with E-state index in [4.69, 9.17) is 16.0 Å². The van der Waals surface area contributed by atoms with Gasteiger partial charge in [-0.1, -0.05) is 29.8 Å². The highest BCUT2D eigenvalue weighted by Gasteiger charge is 2.18. The van der Waals surface area contributed by atoms with Crippen molar-refractivity contribution in [1.82, 2.24) is 10.3 Å². The Hall–Kier alpha value is -1.78. The van der Waals surface area contributed by atoms with E-state index in [0.29, 0.717) is 5.15 Å². The molecule has 0 bridgehead atoms. The first-order chi connectivity index (χ1) is 11.2. The van der Waals surface area contributed by atoms with E-state index in [-0.39, 0.29) is 0 Å². The van der Waals surface area contributed by atoms with Gasteiger partial charge in [0.05, 0.1) is 12.0 Å². The third kappa shape index (κ3) is 4.36. The highest BCUT2D eigenvalue weighted by Crippen LogP contribution is 2.27. The lowest BCUT2D eigenvalue weighted by Gasteiger charge is -2.17. The fourth-order valence-corrected chi connectivity index (χ4v) is 3.00. The number of furan rings is 1. The Labute approximate surface area is 142 Å². The van der Waals surface area contributed by atoms with Crippen LogP contribution < -0.4 is 10.2 Å². The largest absolute Gasteiger partial charge is 0.467 e. The molecule has 3 rings (SSSR count). The summed E-state index contributed by atoms with van der Waals surface area (Å²) < 4.78 is 5.67. The highest BCUT2D eigenvalue weighted by molar-refractivity contribution is 6.29. The van der Waals surface area contributed by atoms with Crippen LogP contribution in [0.2, 0.25) is 5.15 Å². The van der Waals surface area contributed by atoms with Gasteiger partial charge in [-0.05, 0) is 24.5 Å². The molecule has 122 valence electrons. The average Bonchev–Trinajstić information content (AvgIpc) is 3.20. The number of halogens is 1. The summed E-state index contributed by atoms with van der Waals surface area (Å²) in [6.45, 7) is 7.92. The summed E-state index contributed by atoms with van der Waals surface area (Å²) in [6, 6.07) is 5.85. The minimum Gasteiger partial charge on any atom is -0.467 e. The second-order valence-corrected chi connectivity index (χ2v) is 6.33. The Balaban J connectivity index is 1.48. The quantitative estimate of drug-likeness (QED) is 0.618. The SMILES string of the molecule is C=C(CNCc1ccc(Cl)nc1)Cc1occc1N1CCCC1. The first-order valence-electron chi connectivity index (χ1n) is 8.01. The van der Waals surface area contributed by atoms with Crippen molar-refractivity contribution in [2.24, 2.45) is 0 Å². The fourth-order valence-electron chi connectivity index (χ4n) is 2.89. The van der Waals surface area contributed by atoms with Gasteiger partial charge in [-0.2, -0.15) is 0 Å². The van der Waals surface area contributed by atoms with Crippen molar-refractivity contribution >= 4 is 17.3 Å². The highest BCUT2D eigenvalue weighted by atomic mass is 35.5. The van der Waals surface area contributed by atoms with Crippen molar-refractivity contribution in [3.8, 4) is 0 Å². The van der Waals surface area contributed by atoms with Crippen LogP contribution in [0.4, 0.5) is 5.69 Å². The normalized spacial score (nSPS) is 14.4. The summed E-state index contributed by atoms with van der Waals surface area (Å²) >= 11 is 5.78. The molecule has 0 aliphatic carbocycles. The molecule has 0 atom stereocenters. The van der Waals surface area contributed by atoms with Crippen LogP contribution in [0.15, 0.2) is 47.2 Å². The lowest BCUT2D eigenvalue weighted by molar-refractivity contribution is 0.516. The monoisotopic (exact) mass is 331 g/mol. The van der Waals surface area contributed by atoms with E-state index in [9.17, 15) is 0 Å². The molecule has 0 spiro atoms. The van der Waals surface area contributed by atoms with E-state index in [0.717, 1.165) is 49.5 Å². The Morgan fingerprint density at radius 1 is 1.30 bits per heavy atom. The summed E-state index contributed by atoms with van der Waals surface area (Å²) in [5.41, 5.74) is 3.45. The van der Waals surface area contributed by atoms with Gasteiger partial charge in [-0.3, -0.25) is 0 Å². The topological polar surface area (TPSA) is 41.3 Å². The van der Waals surface area contributed by atoms with E-state index >= 15 is 0 Å². The Bertz CT molecular complexity index is 645. The molecule has 5 heteroatoms. The van der Waals surface area contributed by atoms with Crippen LogP contribution in [0.1, 0.15) is 24.2 Å². The molecular weight excluding hydrogens is 310 g/mol. The molecule has 1 N–H and O–H groups in total. The zero-order valence-electron chi connectivity index (χ0n) is 13.2. The number of aromatic nitrogens is 1. The van der Waals surface area contributed by atoms with E-state index < -0.39 is 0 Å². The van der Waals surface area contributed by atoms with Crippen molar-refractivity contribution in [3.63, 3.8) is 0 Å². The van der Waals surface area contributed by atoms with Crippen LogP contribution in [0.3, 0.4) is 0 Å². The smallest absolute Gasteiger partial charge is 0.131 e. The maximum atomic E-state index is 5.78. The predicted molar refractivity (Wildman–Crippen MR) is 94.0 cm³/mol. The molecule has 3 heterocycles. The summed E-state index contributed by atoms with van der Waals surface area (Å²) in [5.74, 6) is 1.02. The molecule has 1 aliphatic rings. The molecule has 1 aliphatic heterocycles. The second-order valence-electron chi connectivity index (χ2n) is 5.94. The summed E-state index contributed by atoms with van der Waals surface area (Å²) in [7, 11) is 0. The van der Waals surface area contributed by atoms with Crippen molar-refractivity contribution < 1.29 is 4.42 Å². The first-order valence-corrected chi connectivity index (χ1v) is 8.39. The molecule has 0 unspecified atom stereocenters. The maximum absolute atomic E-state index is 5.78. The van der Waals surface area contributed by atoms with Gasteiger partial charge in [-0.15, -0.1) is 0 Å². The number of hydrogen-bond donors (Lipinski definition) is 1. The Morgan fingerprint density at radius 2 is 2.13 bits per heavy atom. The Morgan fingerprint density at radius 3 is 2.87 bits per heavy atom. The summed E-state index contributed by atoms with van der Waals surface area (Å²) in [5, 5.41) is 3.90. The zero-order chi connectivity index (χ0) is 16.1. The standard InChI is InChI=1S/C18H22ClN3O/c1-14(11-20-12-15-4-5-18(19)21-13-15)10-17-16(6-9-23-17)22-7-2-3-8-22/h4-6,9,13,20H,1-3,7-8,10-12H2. The molecule has 4 nitrogen and oxygen atoms in total. The van der Waals surface area contributed by atoms with Crippen molar-refractivity contribution in [2.75, 3.05) is 24.5 Å². The Kier molecular flexibility index (Phi) is 5.36. The molecule has 0 saturated carbocycles. The first kappa shape index (κ1) is 16.1. The third-order valence-corrected chi connectivity index (χ3v) is 4.30. The van der Waals surface area contributed by atoms with E-state index in [1.165, 1.54) is 18.5 Å². The van der Waals surface area contributed by atoms with Gasteiger partial charge in [0.1, 0.15) is 10.9 Å². The molecule has 0 aromatic carbocycles. The van der Waals surface area contributed by atoms with Gasteiger partial charge < -0.3 is 14.6 Å². The summed E-state index contributed by atoms with van der Waals surface area (Å²) in [4.78, 5) is 6.48. The van der Waals surface area contributed by atoms with Crippen LogP contribution >= 0.6 is 11.6 Å². The third-order valence-electron chi connectivity index (χ3n) is 4.07. The van der Waals surface area contributed by atoms with Crippen LogP contribution in [0.5, 0.6) is 0 Å². The van der Waals surface area contributed by atoms with E-state index in [1.54, 1.807) is 18.5 Å². The summed E-state index contributed by atoms with van der Waals surface area (Å²) in [6.07, 6.45) is 6.87. The number of anilines is 1. The number of hydrogen-bond acceptors (Lipinski definition) is 4. The molecule has 2 aromatic rings. The number of nitrogens with zero attached hydrogens (tertiary/aromatic N) is 2. The van der Waals surface area contributed by atoms with Gasteiger partial charge in [0.25, 0.3) is 0 Å². The zero-order valence-corrected chi connectivity index (χ0v) is 14.0. The lowest BCUT2D eigenvalue weighted by atomic mass is 10.1. The van der Waals surface area contributed by atoms with Gasteiger partial charge in [-0.25, -0.2) is 4.98 Å². The average molecular weight is 332 g/mol. The van der Waals surface area contributed by atoms with Gasteiger partial charge in [0, 0.05) is 44.9 Å². The van der Waals surface area contributed by atoms with Crippen LogP contribution in [-0.2, 0) is 13.0 Å². The molecule has 2 aromatic heterocycles. The number of nitrogens with one attached hydrogen (secondary N) is 1. The van der Waals surface area contributed by atoms with Gasteiger partial charge in [0.15, 0.2) is 0 Å². The van der Waals surface area contributed by atoms with Gasteiger partial charge in [0.2, 0.25) is 0 Å². The van der Waals surface area contributed by atoms with Crippen LogP contribution in [0.25, 0.3) is 0 Å². The second kappa shape index (κ2) is 7.66. The van der Waals surface area contributed by atoms with Crippen LogP contribution in [-0.4, -0.2) is 24.6 Å². The van der Waals surface area contributed by atoms with Crippen LogP contribution in [0, 0.1) is 0 Å². The maximum Gasteiger partial charge on any atom is 0.131 e. The molecule has 0 amide bonds. The molecule has 0 radical (unpaired) electrons. The molecule has 23 heavy (non-hydrogen) atoms. The fraction of sp³-hybridized carbons (Fsp3) is 0.389. The molecular formula is C18H22ClN3O. The van der Waals surface area contributed by atoms with E-state index in [1.807, 2.05) is 6.07 Å². The molecule has 1 saturated heterocycles. The van der Waals surface area contributed by atoms with Crippen molar-refractivity contribution in [1.29, 1.82) is 0 Å². The minimum atomic E-state index is 0.519. The number of rotatable bonds is 7.